The second kappa shape index (κ2) is 9.61. The number of ether oxygens (including phenoxy) is 1. The number of halogens is 2. The van der Waals surface area contributed by atoms with Crippen LogP contribution in [0.25, 0.3) is 11.4 Å². The zero-order chi connectivity index (χ0) is 23.7. The Hall–Kier alpha value is -2.77. The number of aromatic nitrogens is 3. The first-order chi connectivity index (χ1) is 15.8. The lowest BCUT2D eigenvalue weighted by atomic mass is 10.1. The van der Waals surface area contributed by atoms with Gasteiger partial charge in [0.25, 0.3) is 0 Å². The number of hydrogen-bond acceptors (Lipinski definition) is 5. The van der Waals surface area contributed by atoms with Crippen LogP contribution in [0.4, 0.5) is 5.69 Å². The minimum Gasteiger partial charge on any atom is -0.495 e. The molecule has 2 atom stereocenters. The molecule has 0 N–H and O–H groups in total. The van der Waals surface area contributed by atoms with Crippen LogP contribution in [0, 0.1) is 6.92 Å². The molecule has 0 saturated carbocycles. The van der Waals surface area contributed by atoms with E-state index in [1.165, 1.54) is 0 Å². The SMILES string of the molecule is COc1cc(N2C[C@H](C)N(C(=O)Cn3nc(-c4ccccn4)c(Cl)c3C)C[C@H]2C)ccc1Cl. The number of nitrogens with zero attached hydrogens (tertiary/aromatic N) is 5. The second-order valence-electron chi connectivity index (χ2n) is 8.34. The fraction of sp³-hybridized carbons (Fsp3) is 0.375. The molecule has 3 heterocycles. The van der Waals surface area contributed by atoms with Gasteiger partial charge in [0.2, 0.25) is 5.91 Å². The van der Waals surface area contributed by atoms with Crippen molar-refractivity contribution in [3.8, 4) is 17.1 Å². The molecule has 1 aliphatic rings. The highest BCUT2D eigenvalue weighted by Crippen LogP contribution is 2.32. The summed E-state index contributed by atoms with van der Waals surface area (Å²) >= 11 is 12.7. The second-order valence-corrected chi connectivity index (χ2v) is 9.12. The van der Waals surface area contributed by atoms with E-state index in [-0.39, 0.29) is 24.5 Å². The third kappa shape index (κ3) is 4.66. The molecule has 0 aliphatic carbocycles. The number of piperazine rings is 1. The molecule has 1 fully saturated rings. The highest BCUT2D eigenvalue weighted by Gasteiger charge is 2.33. The summed E-state index contributed by atoms with van der Waals surface area (Å²) < 4.78 is 7.04. The minimum atomic E-state index is 0.0116. The molecular formula is C24H27Cl2N5O2. The van der Waals surface area contributed by atoms with E-state index in [9.17, 15) is 4.79 Å². The van der Waals surface area contributed by atoms with E-state index in [1.54, 1.807) is 18.0 Å². The highest BCUT2D eigenvalue weighted by atomic mass is 35.5. The van der Waals surface area contributed by atoms with Crippen LogP contribution in [-0.4, -0.2) is 57.9 Å². The number of benzene rings is 1. The molecule has 0 spiro atoms. The molecular weight excluding hydrogens is 461 g/mol. The summed E-state index contributed by atoms with van der Waals surface area (Å²) in [4.78, 5) is 21.8. The first kappa shape index (κ1) is 23.4. The van der Waals surface area contributed by atoms with Crippen LogP contribution in [0.1, 0.15) is 19.5 Å². The number of amides is 1. The topological polar surface area (TPSA) is 63.5 Å². The normalized spacial score (nSPS) is 18.5. The first-order valence-corrected chi connectivity index (χ1v) is 11.6. The van der Waals surface area contributed by atoms with Crippen LogP contribution in [0.3, 0.4) is 0 Å². The van der Waals surface area contributed by atoms with E-state index in [1.807, 2.05) is 48.2 Å². The average Bonchev–Trinajstić information content (AvgIpc) is 3.09. The molecule has 7 nitrogen and oxygen atoms in total. The van der Waals surface area contributed by atoms with Crippen LogP contribution in [0.15, 0.2) is 42.6 Å². The number of methoxy groups -OCH3 is 1. The van der Waals surface area contributed by atoms with E-state index in [0.29, 0.717) is 40.3 Å². The van der Waals surface area contributed by atoms with Gasteiger partial charge in [-0.3, -0.25) is 14.5 Å². The van der Waals surface area contributed by atoms with Crippen LogP contribution < -0.4 is 9.64 Å². The molecule has 1 aromatic carbocycles. The number of rotatable bonds is 5. The van der Waals surface area contributed by atoms with Gasteiger partial charge >= 0.3 is 0 Å². The third-order valence-electron chi connectivity index (χ3n) is 6.10. The van der Waals surface area contributed by atoms with E-state index < -0.39 is 0 Å². The molecule has 9 heteroatoms. The van der Waals surface area contributed by atoms with Gasteiger partial charge in [0.1, 0.15) is 18.0 Å². The van der Waals surface area contributed by atoms with Crippen LogP contribution in [-0.2, 0) is 11.3 Å². The Kier molecular flexibility index (Phi) is 6.81. The molecule has 0 bridgehead atoms. The van der Waals surface area contributed by atoms with E-state index in [0.717, 1.165) is 11.4 Å². The minimum absolute atomic E-state index is 0.0116. The number of pyridine rings is 1. The molecule has 33 heavy (non-hydrogen) atoms. The van der Waals surface area contributed by atoms with Crippen molar-refractivity contribution in [3.05, 3.63) is 58.3 Å². The predicted molar refractivity (Wildman–Crippen MR) is 131 cm³/mol. The van der Waals surface area contributed by atoms with Crippen LogP contribution >= 0.6 is 23.2 Å². The van der Waals surface area contributed by atoms with Crippen molar-refractivity contribution < 1.29 is 9.53 Å². The molecule has 1 aliphatic heterocycles. The molecule has 0 unspecified atom stereocenters. The molecule has 2 aromatic heterocycles. The molecule has 4 rings (SSSR count). The molecule has 1 amide bonds. The number of carbonyl (C=O) groups excluding carboxylic acids is 1. The Balaban J connectivity index is 1.49. The lowest BCUT2D eigenvalue weighted by Gasteiger charge is -2.45. The van der Waals surface area contributed by atoms with E-state index in [4.69, 9.17) is 27.9 Å². The Morgan fingerprint density at radius 3 is 2.64 bits per heavy atom. The van der Waals surface area contributed by atoms with Crippen molar-refractivity contribution in [2.75, 3.05) is 25.1 Å². The van der Waals surface area contributed by atoms with Gasteiger partial charge < -0.3 is 14.5 Å². The third-order valence-corrected chi connectivity index (χ3v) is 6.86. The lowest BCUT2D eigenvalue weighted by molar-refractivity contribution is -0.135. The fourth-order valence-corrected chi connectivity index (χ4v) is 4.65. The van der Waals surface area contributed by atoms with Gasteiger partial charge in [-0.25, -0.2) is 0 Å². The maximum atomic E-state index is 13.3. The maximum absolute atomic E-state index is 13.3. The summed E-state index contributed by atoms with van der Waals surface area (Å²) in [7, 11) is 1.61. The molecule has 1 saturated heterocycles. The number of anilines is 1. The zero-order valence-corrected chi connectivity index (χ0v) is 20.6. The molecule has 3 aromatic rings. The Morgan fingerprint density at radius 2 is 1.94 bits per heavy atom. The van der Waals surface area contributed by atoms with Crippen molar-refractivity contribution in [2.45, 2.75) is 39.4 Å². The van der Waals surface area contributed by atoms with Crippen molar-refractivity contribution in [1.29, 1.82) is 0 Å². The molecule has 0 radical (unpaired) electrons. The smallest absolute Gasteiger partial charge is 0.244 e. The quantitative estimate of drug-likeness (QED) is 0.521. The molecule has 174 valence electrons. The van der Waals surface area contributed by atoms with Gasteiger partial charge in [0.05, 0.1) is 28.5 Å². The largest absolute Gasteiger partial charge is 0.495 e. The summed E-state index contributed by atoms with van der Waals surface area (Å²) in [6, 6.07) is 11.5. The van der Waals surface area contributed by atoms with Crippen molar-refractivity contribution >= 4 is 34.8 Å². The van der Waals surface area contributed by atoms with E-state index in [2.05, 4.69) is 28.8 Å². The summed E-state index contributed by atoms with van der Waals surface area (Å²) in [5.74, 6) is 0.653. The predicted octanol–water partition coefficient (Wildman–Crippen LogP) is 4.69. The van der Waals surface area contributed by atoms with Gasteiger partial charge in [-0.05, 0) is 45.0 Å². The Morgan fingerprint density at radius 1 is 1.15 bits per heavy atom. The van der Waals surface area contributed by atoms with Crippen LogP contribution in [0.5, 0.6) is 5.75 Å². The zero-order valence-electron chi connectivity index (χ0n) is 19.1. The van der Waals surface area contributed by atoms with Gasteiger partial charge in [-0.2, -0.15) is 5.10 Å². The van der Waals surface area contributed by atoms with Crippen molar-refractivity contribution in [1.82, 2.24) is 19.7 Å². The maximum Gasteiger partial charge on any atom is 0.244 e. The van der Waals surface area contributed by atoms with Gasteiger partial charge in [0.15, 0.2) is 0 Å². The van der Waals surface area contributed by atoms with Crippen LogP contribution in [0.2, 0.25) is 10.0 Å². The standard InChI is InChI=1S/C24H27Cl2N5O2/c1-15-13-30(16(2)12-29(15)18-8-9-19(25)21(11-18)33-4)22(32)14-31-17(3)23(26)24(28-31)20-7-5-6-10-27-20/h5-11,15-16H,12-14H2,1-4H3/t15-,16+/m1/s1. The van der Waals surface area contributed by atoms with Crippen molar-refractivity contribution in [2.24, 2.45) is 0 Å². The highest BCUT2D eigenvalue weighted by molar-refractivity contribution is 6.33. The first-order valence-electron chi connectivity index (χ1n) is 10.8. The van der Waals surface area contributed by atoms with Crippen molar-refractivity contribution in [3.63, 3.8) is 0 Å². The summed E-state index contributed by atoms with van der Waals surface area (Å²) in [5.41, 5.74) is 3.05. The van der Waals surface area contributed by atoms with Gasteiger partial charge in [0, 0.05) is 43.1 Å². The van der Waals surface area contributed by atoms with Gasteiger partial charge in [-0.1, -0.05) is 29.3 Å². The van der Waals surface area contributed by atoms with E-state index >= 15 is 0 Å². The summed E-state index contributed by atoms with van der Waals surface area (Å²) in [5, 5.41) is 5.68. The monoisotopic (exact) mass is 487 g/mol. The number of carbonyl (C=O) groups is 1. The fourth-order valence-electron chi connectivity index (χ4n) is 4.22. The Labute approximate surface area is 203 Å². The summed E-state index contributed by atoms with van der Waals surface area (Å²) in [6.07, 6.45) is 1.70. The summed E-state index contributed by atoms with van der Waals surface area (Å²) in [6.45, 7) is 7.48. The Bertz CT molecular complexity index is 1150. The lowest BCUT2D eigenvalue weighted by Crippen LogP contribution is -2.58. The number of hydrogen-bond donors (Lipinski definition) is 0. The van der Waals surface area contributed by atoms with Gasteiger partial charge in [-0.15, -0.1) is 0 Å². The average molecular weight is 488 g/mol.